The van der Waals surface area contributed by atoms with E-state index in [9.17, 15) is 0 Å². The Hall–Kier alpha value is -0.210. The van der Waals surface area contributed by atoms with Crippen LogP contribution in [0.1, 0.15) is 18.4 Å². The fraction of sp³-hybridized carbons (Fsp3) is 0.500. The number of hydrogen-bond acceptors (Lipinski definition) is 2. The van der Waals surface area contributed by atoms with Crippen LogP contribution in [0.15, 0.2) is 18.3 Å². The summed E-state index contributed by atoms with van der Waals surface area (Å²) in [6.07, 6.45) is 5.76. The van der Waals surface area contributed by atoms with Gasteiger partial charge in [0.15, 0.2) is 0 Å². The van der Waals surface area contributed by atoms with E-state index in [0.717, 1.165) is 11.7 Å². The van der Waals surface area contributed by atoms with Crippen LogP contribution >= 0.6 is 23.4 Å². The number of pyridine rings is 1. The molecule has 0 N–H and O–H groups in total. The van der Waals surface area contributed by atoms with Crippen molar-refractivity contribution in [3.63, 3.8) is 0 Å². The SMILES string of the molecule is Clc1ccc(CC2CCCS2)cn1. The van der Waals surface area contributed by atoms with E-state index in [-0.39, 0.29) is 0 Å². The zero-order valence-corrected chi connectivity index (χ0v) is 8.94. The molecule has 13 heavy (non-hydrogen) atoms. The van der Waals surface area contributed by atoms with Gasteiger partial charge in [0.1, 0.15) is 5.15 Å². The van der Waals surface area contributed by atoms with E-state index in [1.165, 1.54) is 24.2 Å². The zero-order valence-electron chi connectivity index (χ0n) is 7.37. The van der Waals surface area contributed by atoms with Gasteiger partial charge in [-0.25, -0.2) is 4.98 Å². The molecular weight excluding hydrogens is 202 g/mol. The maximum Gasteiger partial charge on any atom is 0.129 e. The van der Waals surface area contributed by atoms with Crippen LogP contribution < -0.4 is 0 Å². The Morgan fingerprint density at radius 2 is 2.46 bits per heavy atom. The highest BCUT2D eigenvalue weighted by Gasteiger charge is 2.15. The van der Waals surface area contributed by atoms with Gasteiger partial charge in [0.25, 0.3) is 0 Å². The largest absolute Gasteiger partial charge is 0.244 e. The number of thioether (sulfide) groups is 1. The van der Waals surface area contributed by atoms with E-state index >= 15 is 0 Å². The van der Waals surface area contributed by atoms with Crippen LogP contribution in [0.5, 0.6) is 0 Å². The van der Waals surface area contributed by atoms with Crippen LogP contribution in [-0.2, 0) is 6.42 Å². The molecule has 0 saturated carbocycles. The third-order valence-electron chi connectivity index (χ3n) is 2.28. The summed E-state index contributed by atoms with van der Waals surface area (Å²) < 4.78 is 0. The van der Waals surface area contributed by atoms with Crippen molar-refractivity contribution in [3.05, 3.63) is 29.0 Å². The van der Waals surface area contributed by atoms with Gasteiger partial charge in [0.05, 0.1) is 0 Å². The summed E-state index contributed by atoms with van der Waals surface area (Å²) in [5.41, 5.74) is 1.31. The maximum atomic E-state index is 5.71. The van der Waals surface area contributed by atoms with Gasteiger partial charge in [0, 0.05) is 11.4 Å². The molecule has 2 rings (SSSR count). The van der Waals surface area contributed by atoms with E-state index in [1.807, 2.05) is 12.3 Å². The Labute approximate surface area is 87.9 Å². The summed E-state index contributed by atoms with van der Waals surface area (Å²) in [4.78, 5) is 4.08. The summed E-state index contributed by atoms with van der Waals surface area (Å²) in [5.74, 6) is 1.33. The predicted molar refractivity (Wildman–Crippen MR) is 58.4 cm³/mol. The van der Waals surface area contributed by atoms with Gasteiger partial charge in [-0.2, -0.15) is 11.8 Å². The lowest BCUT2D eigenvalue weighted by Gasteiger charge is -2.07. The maximum absolute atomic E-state index is 5.71. The van der Waals surface area contributed by atoms with E-state index in [2.05, 4.69) is 22.8 Å². The lowest BCUT2D eigenvalue weighted by atomic mass is 10.1. The number of hydrogen-bond donors (Lipinski definition) is 0. The van der Waals surface area contributed by atoms with E-state index in [0.29, 0.717) is 5.15 Å². The first-order chi connectivity index (χ1) is 6.34. The van der Waals surface area contributed by atoms with Crippen LogP contribution in [0.3, 0.4) is 0 Å². The van der Waals surface area contributed by atoms with Gasteiger partial charge in [-0.15, -0.1) is 0 Å². The molecule has 0 aliphatic carbocycles. The molecule has 70 valence electrons. The Kier molecular flexibility index (Phi) is 3.12. The second-order valence-corrected chi connectivity index (χ2v) is 5.12. The average molecular weight is 214 g/mol. The molecule has 1 aromatic heterocycles. The lowest BCUT2D eigenvalue weighted by Crippen LogP contribution is -2.01. The molecule has 0 bridgehead atoms. The minimum Gasteiger partial charge on any atom is -0.244 e. The molecule has 1 saturated heterocycles. The molecule has 1 fully saturated rings. The van der Waals surface area contributed by atoms with Crippen LogP contribution in [-0.4, -0.2) is 16.0 Å². The molecule has 0 amide bonds. The quantitative estimate of drug-likeness (QED) is 0.700. The summed E-state index contributed by atoms with van der Waals surface area (Å²) in [6.45, 7) is 0. The second kappa shape index (κ2) is 4.34. The van der Waals surface area contributed by atoms with Gasteiger partial charge in [-0.1, -0.05) is 17.7 Å². The van der Waals surface area contributed by atoms with E-state index in [1.54, 1.807) is 0 Å². The molecule has 1 aliphatic rings. The molecule has 1 atom stereocenters. The Morgan fingerprint density at radius 1 is 1.54 bits per heavy atom. The molecule has 1 aliphatic heterocycles. The van der Waals surface area contributed by atoms with Gasteiger partial charge < -0.3 is 0 Å². The van der Waals surface area contributed by atoms with Crippen molar-refractivity contribution in [2.24, 2.45) is 0 Å². The first-order valence-electron chi connectivity index (χ1n) is 4.56. The Balaban J connectivity index is 1.97. The molecule has 0 radical (unpaired) electrons. The third-order valence-corrected chi connectivity index (χ3v) is 3.90. The Morgan fingerprint density at radius 3 is 3.08 bits per heavy atom. The van der Waals surface area contributed by atoms with Gasteiger partial charge in [-0.05, 0) is 36.6 Å². The molecular formula is C10H12ClNS. The zero-order chi connectivity index (χ0) is 9.10. The van der Waals surface area contributed by atoms with Gasteiger partial charge >= 0.3 is 0 Å². The molecule has 1 unspecified atom stereocenters. The standard InChI is InChI=1S/C10H12ClNS/c11-10-4-3-8(7-12-10)6-9-2-1-5-13-9/h3-4,7,9H,1-2,5-6H2. The minimum atomic E-state index is 0.586. The normalized spacial score (nSPS) is 22.1. The summed E-state index contributed by atoms with van der Waals surface area (Å²) >= 11 is 7.79. The fourth-order valence-electron chi connectivity index (χ4n) is 1.60. The van der Waals surface area contributed by atoms with Gasteiger partial charge in [-0.3, -0.25) is 0 Å². The number of nitrogens with zero attached hydrogens (tertiary/aromatic N) is 1. The molecule has 0 spiro atoms. The van der Waals surface area contributed by atoms with Crippen LogP contribution in [0.4, 0.5) is 0 Å². The number of halogens is 1. The fourth-order valence-corrected chi connectivity index (χ4v) is 3.02. The molecule has 3 heteroatoms. The summed E-state index contributed by atoms with van der Waals surface area (Å²) in [5, 5.41) is 1.39. The lowest BCUT2D eigenvalue weighted by molar-refractivity contribution is 0.775. The molecule has 1 aromatic rings. The van der Waals surface area contributed by atoms with Gasteiger partial charge in [0.2, 0.25) is 0 Å². The molecule has 1 nitrogen and oxygen atoms in total. The van der Waals surface area contributed by atoms with Crippen molar-refractivity contribution >= 4 is 23.4 Å². The number of rotatable bonds is 2. The van der Waals surface area contributed by atoms with Crippen LogP contribution in [0.2, 0.25) is 5.15 Å². The van der Waals surface area contributed by atoms with Crippen molar-refractivity contribution in [2.45, 2.75) is 24.5 Å². The van der Waals surface area contributed by atoms with Crippen molar-refractivity contribution in [3.8, 4) is 0 Å². The smallest absolute Gasteiger partial charge is 0.129 e. The van der Waals surface area contributed by atoms with E-state index in [4.69, 9.17) is 11.6 Å². The highest BCUT2D eigenvalue weighted by molar-refractivity contribution is 8.00. The third kappa shape index (κ3) is 2.61. The van der Waals surface area contributed by atoms with Crippen LogP contribution in [0.25, 0.3) is 0 Å². The monoisotopic (exact) mass is 213 g/mol. The van der Waals surface area contributed by atoms with Crippen molar-refractivity contribution in [2.75, 3.05) is 5.75 Å². The first-order valence-corrected chi connectivity index (χ1v) is 5.99. The van der Waals surface area contributed by atoms with E-state index < -0.39 is 0 Å². The van der Waals surface area contributed by atoms with Crippen molar-refractivity contribution in [1.29, 1.82) is 0 Å². The summed E-state index contributed by atoms with van der Waals surface area (Å²) in [7, 11) is 0. The minimum absolute atomic E-state index is 0.586. The topological polar surface area (TPSA) is 12.9 Å². The second-order valence-electron chi connectivity index (χ2n) is 3.33. The molecule has 2 heterocycles. The Bertz CT molecular complexity index is 267. The van der Waals surface area contributed by atoms with Crippen molar-refractivity contribution < 1.29 is 0 Å². The highest BCUT2D eigenvalue weighted by Crippen LogP contribution is 2.28. The predicted octanol–water partition coefficient (Wildman–Crippen LogP) is 3.17. The summed E-state index contributed by atoms with van der Waals surface area (Å²) in [6, 6.07) is 3.95. The van der Waals surface area contributed by atoms with Crippen LogP contribution in [0, 0.1) is 0 Å². The van der Waals surface area contributed by atoms with Crippen molar-refractivity contribution in [1.82, 2.24) is 4.98 Å². The number of aromatic nitrogens is 1. The first kappa shape index (κ1) is 9.35. The highest BCUT2D eigenvalue weighted by atomic mass is 35.5. The average Bonchev–Trinajstić information content (AvgIpc) is 2.62. The molecule has 0 aromatic carbocycles.